The summed E-state index contributed by atoms with van der Waals surface area (Å²) in [6, 6.07) is 11.0. The number of nitrogens with one attached hydrogen (secondary N) is 2. The van der Waals surface area contributed by atoms with Gasteiger partial charge < -0.3 is 15.5 Å². The molecule has 1 atom stereocenters. The van der Waals surface area contributed by atoms with Crippen LogP contribution in [0.15, 0.2) is 42.5 Å². The van der Waals surface area contributed by atoms with Crippen LogP contribution in [0.25, 0.3) is 0 Å². The van der Waals surface area contributed by atoms with Gasteiger partial charge in [0.1, 0.15) is 0 Å². The molecule has 0 saturated carbocycles. The van der Waals surface area contributed by atoms with E-state index in [0.29, 0.717) is 18.5 Å². The fourth-order valence-corrected chi connectivity index (χ4v) is 4.21. The van der Waals surface area contributed by atoms with E-state index < -0.39 is 17.6 Å². The van der Waals surface area contributed by atoms with Gasteiger partial charge in [-0.2, -0.15) is 13.2 Å². The summed E-state index contributed by atoms with van der Waals surface area (Å²) in [5, 5.41) is 5.51. The van der Waals surface area contributed by atoms with Gasteiger partial charge in [-0.1, -0.05) is 18.2 Å². The highest BCUT2D eigenvalue weighted by atomic mass is 19.4. The third kappa shape index (κ3) is 4.84. The number of anilines is 3. The Labute approximate surface area is 178 Å². The van der Waals surface area contributed by atoms with E-state index in [9.17, 15) is 22.8 Å². The number of nitrogens with zero attached hydrogens (tertiary/aromatic N) is 1. The van der Waals surface area contributed by atoms with E-state index in [4.69, 9.17) is 0 Å². The summed E-state index contributed by atoms with van der Waals surface area (Å²) in [5.74, 6) is -0.880. The quantitative estimate of drug-likeness (QED) is 0.713. The van der Waals surface area contributed by atoms with Gasteiger partial charge in [0, 0.05) is 31.1 Å². The largest absolute Gasteiger partial charge is 0.416 e. The molecule has 2 aromatic carbocycles. The van der Waals surface area contributed by atoms with E-state index in [1.807, 2.05) is 29.2 Å². The zero-order valence-corrected chi connectivity index (χ0v) is 17.0. The first-order chi connectivity index (χ1) is 14.8. The van der Waals surface area contributed by atoms with Gasteiger partial charge in [-0.05, 0) is 55.5 Å². The molecule has 5 nitrogen and oxygen atoms in total. The lowest BCUT2D eigenvalue weighted by atomic mass is 9.89. The van der Waals surface area contributed by atoms with Gasteiger partial charge in [-0.3, -0.25) is 9.59 Å². The maximum atomic E-state index is 13.2. The van der Waals surface area contributed by atoms with Crippen LogP contribution < -0.4 is 15.5 Å². The molecule has 4 rings (SSSR count). The number of carbonyl (C=O) groups is 2. The number of rotatable bonds is 5. The van der Waals surface area contributed by atoms with Crippen molar-refractivity contribution in [3.63, 3.8) is 0 Å². The lowest BCUT2D eigenvalue weighted by molar-refractivity contribution is -0.137. The second kappa shape index (κ2) is 8.61. The van der Waals surface area contributed by atoms with Crippen LogP contribution in [0.4, 0.5) is 30.2 Å². The fourth-order valence-electron chi connectivity index (χ4n) is 4.21. The van der Waals surface area contributed by atoms with Crippen molar-refractivity contribution in [2.45, 2.75) is 38.3 Å². The Hall–Kier alpha value is -3.03. The third-order valence-corrected chi connectivity index (χ3v) is 5.88. The summed E-state index contributed by atoms with van der Waals surface area (Å²) >= 11 is 0. The van der Waals surface area contributed by atoms with Crippen LogP contribution in [-0.2, 0) is 22.2 Å². The Morgan fingerprint density at radius 1 is 1.13 bits per heavy atom. The summed E-state index contributed by atoms with van der Waals surface area (Å²) in [6.45, 7) is 1.49. The second-order valence-electron chi connectivity index (χ2n) is 8.06. The number of carbonyl (C=O) groups excluding carboxylic acids is 2. The maximum absolute atomic E-state index is 13.2. The van der Waals surface area contributed by atoms with Crippen molar-refractivity contribution in [2.24, 2.45) is 5.92 Å². The van der Waals surface area contributed by atoms with Crippen LogP contribution >= 0.6 is 0 Å². The average Bonchev–Trinajstić information content (AvgIpc) is 3.26. The molecule has 2 aliphatic rings. The lowest BCUT2D eigenvalue weighted by Crippen LogP contribution is -2.30. The van der Waals surface area contributed by atoms with Crippen LogP contribution in [0.1, 0.15) is 36.8 Å². The Morgan fingerprint density at radius 2 is 1.87 bits per heavy atom. The number of para-hydroxylation sites is 1. The van der Waals surface area contributed by atoms with Crippen molar-refractivity contribution in [2.75, 3.05) is 28.6 Å². The summed E-state index contributed by atoms with van der Waals surface area (Å²) in [5.41, 5.74) is 1.77. The van der Waals surface area contributed by atoms with Crippen LogP contribution in [-0.4, -0.2) is 24.9 Å². The molecule has 8 heteroatoms. The topological polar surface area (TPSA) is 61.4 Å². The SMILES string of the molecule is O=C(CC[C@H]1Cc2ccccc2NC1=O)Nc1cc(C(F)(F)F)ccc1N1CCCC1. The van der Waals surface area contributed by atoms with Crippen molar-refractivity contribution in [1.29, 1.82) is 0 Å². The molecule has 164 valence electrons. The lowest BCUT2D eigenvalue weighted by Gasteiger charge is -2.25. The minimum atomic E-state index is -4.49. The van der Waals surface area contributed by atoms with Gasteiger partial charge in [-0.25, -0.2) is 0 Å². The van der Waals surface area contributed by atoms with E-state index in [-0.39, 0.29) is 23.9 Å². The smallest absolute Gasteiger partial charge is 0.370 e. The molecule has 0 spiro atoms. The first kappa shape index (κ1) is 21.2. The molecule has 2 heterocycles. The molecule has 2 aromatic rings. The Bertz CT molecular complexity index is 984. The number of alkyl halides is 3. The van der Waals surface area contributed by atoms with Crippen LogP contribution in [0.5, 0.6) is 0 Å². The van der Waals surface area contributed by atoms with Gasteiger partial charge >= 0.3 is 6.18 Å². The minimum Gasteiger partial charge on any atom is -0.370 e. The predicted molar refractivity (Wildman–Crippen MR) is 113 cm³/mol. The zero-order valence-electron chi connectivity index (χ0n) is 17.0. The zero-order chi connectivity index (χ0) is 22.0. The number of amides is 2. The van der Waals surface area contributed by atoms with Gasteiger partial charge in [0.2, 0.25) is 11.8 Å². The third-order valence-electron chi connectivity index (χ3n) is 5.88. The molecule has 0 bridgehead atoms. The van der Waals surface area contributed by atoms with Crippen molar-refractivity contribution in [1.82, 2.24) is 0 Å². The first-order valence-corrected chi connectivity index (χ1v) is 10.5. The monoisotopic (exact) mass is 431 g/mol. The molecule has 1 saturated heterocycles. The average molecular weight is 431 g/mol. The predicted octanol–water partition coefficient (Wildman–Crippen LogP) is 4.84. The summed E-state index contributed by atoms with van der Waals surface area (Å²) < 4.78 is 39.6. The molecule has 31 heavy (non-hydrogen) atoms. The molecule has 2 aliphatic heterocycles. The highest BCUT2D eigenvalue weighted by molar-refractivity contribution is 5.97. The van der Waals surface area contributed by atoms with Gasteiger partial charge in [0.05, 0.1) is 16.9 Å². The first-order valence-electron chi connectivity index (χ1n) is 10.5. The molecular formula is C23H24F3N3O2. The van der Waals surface area contributed by atoms with E-state index in [1.54, 1.807) is 0 Å². The van der Waals surface area contributed by atoms with Gasteiger partial charge in [-0.15, -0.1) is 0 Å². The standard InChI is InChI=1S/C23H24F3N3O2/c24-23(25,26)17-8-9-20(29-11-3-4-12-29)19(14-17)27-21(30)10-7-16-13-15-5-1-2-6-18(15)28-22(16)31/h1-2,5-6,8-9,14,16H,3-4,7,10-13H2,(H,27,30)(H,28,31)/t16-/m0/s1. The van der Waals surface area contributed by atoms with E-state index in [2.05, 4.69) is 10.6 Å². The Balaban J connectivity index is 1.44. The van der Waals surface area contributed by atoms with Crippen molar-refractivity contribution in [3.8, 4) is 0 Å². The van der Waals surface area contributed by atoms with E-state index in [1.165, 1.54) is 6.07 Å². The summed E-state index contributed by atoms with van der Waals surface area (Å²) in [7, 11) is 0. The van der Waals surface area contributed by atoms with Gasteiger partial charge in [0.25, 0.3) is 0 Å². The molecular weight excluding hydrogens is 407 g/mol. The van der Waals surface area contributed by atoms with E-state index in [0.717, 1.165) is 49.3 Å². The van der Waals surface area contributed by atoms with Gasteiger partial charge in [0.15, 0.2) is 0 Å². The number of benzene rings is 2. The number of halogens is 3. The second-order valence-corrected chi connectivity index (χ2v) is 8.06. The highest BCUT2D eigenvalue weighted by Crippen LogP contribution is 2.37. The molecule has 0 unspecified atom stereocenters. The molecule has 2 N–H and O–H groups in total. The van der Waals surface area contributed by atoms with Crippen molar-refractivity contribution < 1.29 is 22.8 Å². The molecule has 0 aliphatic carbocycles. The Morgan fingerprint density at radius 3 is 2.61 bits per heavy atom. The molecule has 2 amide bonds. The summed E-state index contributed by atoms with van der Waals surface area (Å²) in [6.07, 6.45) is -1.65. The number of hydrogen-bond acceptors (Lipinski definition) is 3. The number of hydrogen-bond donors (Lipinski definition) is 2. The highest BCUT2D eigenvalue weighted by Gasteiger charge is 2.32. The maximum Gasteiger partial charge on any atom is 0.416 e. The van der Waals surface area contributed by atoms with Crippen LogP contribution in [0, 0.1) is 5.92 Å². The number of fused-ring (bicyclic) bond motifs is 1. The van der Waals surface area contributed by atoms with Crippen LogP contribution in [0.2, 0.25) is 0 Å². The molecule has 1 fully saturated rings. The van der Waals surface area contributed by atoms with Crippen molar-refractivity contribution in [3.05, 3.63) is 53.6 Å². The van der Waals surface area contributed by atoms with E-state index >= 15 is 0 Å². The van der Waals surface area contributed by atoms with Crippen molar-refractivity contribution >= 4 is 28.9 Å². The normalized spacial score (nSPS) is 18.5. The fraction of sp³-hybridized carbons (Fsp3) is 0.391. The Kier molecular flexibility index (Phi) is 5.89. The molecule has 0 aromatic heterocycles. The minimum absolute atomic E-state index is 0.0515. The molecule has 0 radical (unpaired) electrons. The van der Waals surface area contributed by atoms with Crippen LogP contribution in [0.3, 0.4) is 0 Å². The summed E-state index contributed by atoms with van der Waals surface area (Å²) in [4.78, 5) is 26.9.